The molecule has 0 saturated carbocycles. The lowest BCUT2D eigenvalue weighted by atomic mass is 10.0. The number of amides is 1. The number of alkyl halides is 1. The standard InChI is InChI=1S/C13H17ClN2O2/c1-9-3-6-16(11(9)8-14)13(18)10-4-5-15(2)12(17)7-10/h4-5,7,9,11H,3,6,8H2,1-2H3. The molecule has 2 heterocycles. The molecule has 0 radical (unpaired) electrons. The smallest absolute Gasteiger partial charge is 0.254 e. The predicted octanol–water partition coefficient (Wildman–Crippen LogP) is 1.47. The van der Waals surface area contributed by atoms with E-state index in [0.29, 0.717) is 23.9 Å². The Morgan fingerprint density at radius 3 is 2.89 bits per heavy atom. The number of likely N-dealkylation sites (tertiary alicyclic amines) is 1. The third-order valence-electron chi connectivity index (χ3n) is 3.65. The summed E-state index contributed by atoms with van der Waals surface area (Å²) < 4.78 is 1.45. The largest absolute Gasteiger partial charge is 0.334 e. The lowest BCUT2D eigenvalue weighted by Gasteiger charge is -2.25. The SMILES string of the molecule is CC1CCN(C(=O)c2ccn(C)c(=O)c2)C1CCl. The van der Waals surface area contributed by atoms with Gasteiger partial charge in [-0.25, -0.2) is 0 Å². The number of halogens is 1. The van der Waals surface area contributed by atoms with Gasteiger partial charge in [0.2, 0.25) is 0 Å². The molecule has 18 heavy (non-hydrogen) atoms. The van der Waals surface area contributed by atoms with Crippen molar-refractivity contribution in [2.24, 2.45) is 13.0 Å². The quantitative estimate of drug-likeness (QED) is 0.763. The monoisotopic (exact) mass is 268 g/mol. The fraction of sp³-hybridized carbons (Fsp3) is 0.538. The Hall–Kier alpha value is -1.29. The second-order valence-corrected chi connectivity index (χ2v) is 5.16. The van der Waals surface area contributed by atoms with E-state index in [4.69, 9.17) is 11.6 Å². The molecule has 1 saturated heterocycles. The summed E-state index contributed by atoms with van der Waals surface area (Å²) in [7, 11) is 1.66. The molecule has 0 bridgehead atoms. The van der Waals surface area contributed by atoms with Crippen LogP contribution in [0.1, 0.15) is 23.7 Å². The van der Waals surface area contributed by atoms with E-state index in [0.717, 1.165) is 6.42 Å². The topological polar surface area (TPSA) is 42.3 Å². The maximum atomic E-state index is 12.3. The lowest BCUT2D eigenvalue weighted by Crippen LogP contribution is -2.39. The van der Waals surface area contributed by atoms with Crippen LogP contribution in [0.25, 0.3) is 0 Å². The fourth-order valence-electron chi connectivity index (χ4n) is 2.34. The number of hydrogen-bond donors (Lipinski definition) is 0. The van der Waals surface area contributed by atoms with Gasteiger partial charge >= 0.3 is 0 Å². The predicted molar refractivity (Wildman–Crippen MR) is 71.0 cm³/mol. The highest BCUT2D eigenvalue weighted by Crippen LogP contribution is 2.26. The van der Waals surface area contributed by atoms with E-state index in [1.54, 1.807) is 24.2 Å². The van der Waals surface area contributed by atoms with E-state index in [1.165, 1.54) is 10.6 Å². The molecule has 1 amide bonds. The molecule has 0 N–H and O–H groups in total. The molecule has 4 nitrogen and oxygen atoms in total. The van der Waals surface area contributed by atoms with Gasteiger partial charge in [0.05, 0.1) is 0 Å². The zero-order valence-electron chi connectivity index (χ0n) is 10.6. The molecule has 5 heteroatoms. The van der Waals surface area contributed by atoms with Gasteiger partial charge in [-0.15, -0.1) is 11.6 Å². The van der Waals surface area contributed by atoms with Crippen LogP contribution in [0.4, 0.5) is 0 Å². The van der Waals surface area contributed by atoms with Crippen LogP contribution < -0.4 is 5.56 Å². The van der Waals surface area contributed by atoms with E-state index in [9.17, 15) is 9.59 Å². The number of nitrogens with zero attached hydrogens (tertiary/aromatic N) is 2. The summed E-state index contributed by atoms with van der Waals surface area (Å²) in [5.41, 5.74) is 0.276. The highest BCUT2D eigenvalue weighted by Gasteiger charge is 2.34. The Balaban J connectivity index is 2.26. The van der Waals surface area contributed by atoms with Gasteiger partial charge < -0.3 is 9.47 Å². The van der Waals surface area contributed by atoms with Crippen LogP contribution in [0, 0.1) is 5.92 Å². The van der Waals surface area contributed by atoms with Gasteiger partial charge in [0, 0.05) is 43.3 Å². The minimum Gasteiger partial charge on any atom is -0.334 e. The molecule has 2 rings (SSSR count). The van der Waals surface area contributed by atoms with E-state index >= 15 is 0 Å². The molecular formula is C13H17ClN2O2. The Kier molecular flexibility index (Phi) is 3.76. The minimum atomic E-state index is -0.171. The van der Waals surface area contributed by atoms with Gasteiger partial charge in [-0.05, 0) is 18.4 Å². The number of pyridine rings is 1. The van der Waals surface area contributed by atoms with Crippen molar-refractivity contribution in [3.05, 3.63) is 34.2 Å². The molecule has 2 unspecified atom stereocenters. The second kappa shape index (κ2) is 5.14. The van der Waals surface area contributed by atoms with E-state index in [1.807, 2.05) is 0 Å². The van der Waals surface area contributed by atoms with Gasteiger partial charge in [-0.3, -0.25) is 9.59 Å². The van der Waals surface area contributed by atoms with Crippen molar-refractivity contribution in [3.8, 4) is 0 Å². The average Bonchev–Trinajstić information content (AvgIpc) is 2.73. The first-order valence-electron chi connectivity index (χ1n) is 6.08. The van der Waals surface area contributed by atoms with Crippen LogP contribution >= 0.6 is 11.6 Å². The zero-order chi connectivity index (χ0) is 13.3. The highest BCUT2D eigenvalue weighted by molar-refractivity contribution is 6.18. The second-order valence-electron chi connectivity index (χ2n) is 4.85. The molecule has 1 aliphatic heterocycles. The molecule has 0 spiro atoms. The molecule has 0 aliphatic carbocycles. The van der Waals surface area contributed by atoms with Crippen molar-refractivity contribution in [1.82, 2.24) is 9.47 Å². The average molecular weight is 269 g/mol. The summed E-state index contributed by atoms with van der Waals surface area (Å²) in [6.45, 7) is 2.82. The summed E-state index contributed by atoms with van der Waals surface area (Å²) in [6, 6.07) is 3.14. The molecule has 1 fully saturated rings. The van der Waals surface area contributed by atoms with Crippen LogP contribution in [0.3, 0.4) is 0 Å². The first kappa shape index (κ1) is 13.1. The number of rotatable bonds is 2. The third-order valence-corrected chi connectivity index (χ3v) is 3.97. The van der Waals surface area contributed by atoms with Crippen molar-refractivity contribution < 1.29 is 4.79 Å². The van der Waals surface area contributed by atoms with Crippen LogP contribution in [-0.4, -0.2) is 33.8 Å². The summed E-state index contributed by atoms with van der Waals surface area (Å²) in [5.74, 6) is 0.762. The van der Waals surface area contributed by atoms with Crippen LogP contribution in [0.5, 0.6) is 0 Å². The van der Waals surface area contributed by atoms with Gasteiger partial charge in [0.25, 0.3) is 11.5 Å². The normalized spacial score (nSPS) is 23.4. The van der Waals surface area contributed by atoms with Crippen LogP contribution in [0.2, 0.25) is 0 Å². The summed E-state index contributed by atoms with van der Waals surface area (Å²) in [5, 5.41) is 0. The van der Waals surface area contributed by atoms with E-state index in [2.05, 4.69) is 6.92 Å². The first-order chi connectivity index (χ1) is 8.54. The van der Waals surface area contributed by atoms with Gasteiger partial charge in [-0.2, -0.15) is 0 Å². The number of hydrogen-bond acceptors (Lipinski definition) is 2. The zero-order valence-corrected chi connectivity index (χ0v) is 11.4. The number of carbonyl (C=O) groups is 1. The van der Waals surface area contributed by atoms with Gasteiger partial charge in [0.1, 0.15) is 0 Å². The number of carbonyl (C=O) groups excluding carboxylic acids is 1. The van der Waals surface area contributed by atoms with Gasteiger partial charge in [-0.1, -0.05) is 6.92 Å². The first-order valence-corrected chi connectivity index (χ1v) is 6.61. The van der Waals surface area contributed by atoms with Crippen molar-refractivity contribution >= 4 is 17.5 Å². The maximum Gasteiger partial charge on any atom is 0.254 e. The molecule has 1 aromatic rings. The lowest BCUT2D eigenvalue weighted by molar-refractivity contribution is 0.0736. The summed E-state index contributed by atoms with van der Waals surface area (Å²) in [4.78, 5) is 25.7. The van der Waals surface area contributed by atoms with Crippen molar-refractivity contribution in [3.63, 3.8) is 0 Å². The number of aryl methyl sites for hydroxylation is 1. The molecule has 0 aromatic carbocycles. The summed E-state index contributed by atoms with van der Waals surface area (Å²) >= 11 is 5.93. The molecule has 1 aromatic heterocycles. The maximum absolute atomic E-state index is 12.3. The molecule has 98 valence electrons. The fourth-order valence-corrected chi connectivity index (χ4v) is 2.81. The Morgan fingerprint density at radius 2 is 2.28 bits per heavy atom. The molecule has 1 aliphatic rings. The van der Waals surface area contributed by atoms with Crippen molar-refractivity contribution in [1.29, 1.82) is 0 Å². The van der Waals surface area contributed by atoms with Crippen molar-refractivity contribution in [2.75, 3.05) is 12.4 Å². The van der Waals surface area contributed by atoms with Crippen LogP contribution in [0.15, 0.2) is 23.1 Å². The van der Waals surface area contributed by atoms with E-state index < -0.39 is 0 Å². The Labute approximate surface area is 111 Å². The Bertz CT molecular complexity index is 512. The van der Waals surface area contributed by atoms with E-state index in [-0.39, 0.29) is 17.5 Å². The Morgan fingerprint density at radius 1 is 1.56 bits per heavy atom. The van der Waals surface area contributed by atoms with Gasteiger partial charge in [0.15, 0.2) is 0 Å². The number of aromatic nitrogens is 1. The molecule has 2 atom stereocenters. The minimum absolute atomic E-state index is 0.0724. The summed E-state index contributed by atoms with van der Waals surface area (Å²) in [6.07, 6.45) is 2.58. The highest BCUT2D eigenvalue weighted by atomic mass is 35.5. The van der Waals surface area contributed by atoms with Crippen LogP contribution in [-0.2, 0) is 7.05 Å². The molecular weight excluding hydrogens is 252 g/mol. The van der Waals surface area contributed by atoms with Crippen molar-refractivity contribution in [2.45, 2.75) is 19.4 Å². The third kappa shape index (κ3) is 2.29.